The van der Waals surface area contributed by atoms with Gasteiger partial charge in [0.15, 0.2) is 0 Å². The molecule has 0 aliphatic carbocycles. The van der Waals surface area contributed by atoms with Crippen LogP contribution in [0.3, 0.4) is 0 Å². The van der Waals surface area contributed by atoms with E-state index in [2.05, 4.69) is 5.32 Å². The van der Waals surface area contributed by atoms with Crippen molar-refractivity contribution >= 4 is 11.8 Å². The average Bonchev–Trinajstić information content (AvgIpc) is 2.48. The number of piperazine rings is 1. The predicted molar refractivity (Wildman–Crippen MR) is 73.2 cm³/mol. The summed E-state index contributed by atoms with van der Waals surface area (Å²) < 4.78 is 11.0. The molecule has 0 aromatic heterocycles. The summed E-state index contributed by atoms with van der Waals surface area (Å²) >= 11 is 0. The Morgan fingerprint density at radius 1 is 1.30 bits per heavy atom. The van der Waals surface area contributed by atoms with E-state index in [0.29, 0.717) is 39.2 Å². The molecule has 2 rings (SSSR count). The van der Waals surface area contributed by atoms with E-state index in [4.69, 9.17) is 9.47 Å². The van der Waals surface area contributed by atoms with Gasteiger partial charge in [-0.2, -0.15) is 0 Å². The average molecular weight is 284 g/mol. The van der Waals surface area contributed by atoms with Gasteiger partial charge < -0.3 is 19.7 Å². The first kappa shape index (κ1) is 15.3. The second-order valence-corrected chi connectivity index (χ2v) is 5.48. The van der Waals surface area contributed by atoms with E-state index in [1.165, 1.54) is 0 Å². The Bertz CT molecular complexity index is 375. The number of amides is 2. The number of nitrogens with zero attached hydrogens (tertiary/aromatic N) is 1. The molecular formula is C14H24N2O4. The van der Waals surface area contributed by atoms with E-state index in [0.717, 1.165) is 0 Å². The van der Waals surface area contributed by atoms with Gasteiger partial charge in [-0.15, -0.1) is 0 Å². The molecule has 0 aromatic carbocycles. The van der Waals surface area contributed by atoms with Gasteiger partial charge in [0.05, 0.1) is 32.5 Å². The molecule has 0 spiro atoms. The van der Waals surface area contributed by atoms with E-state index >= 15 is 0 Å². The van der Waals surface area contributed by atoms with Crippen molar-refractivity contribution in [3.63, 3.8) is 0 Å². The maximum Gasteiger partial charge on any atom is 0.249 e. The standard InChI is InChI=1S/C14H24N2O4/c1-4-14(5-2)13(18)16(10(3)12(17)15-14)8-11-9-19-6-7-20-11/h10-11H,4-9H2,1-3H3,(H,15,17). The van der Waals surface area contributed by atoms with Crippen LogP contribution in [0.4, 0.5) is 0 Å². The summed E-state index contributed by atoms with van der Waals surface area (Å²) in [5, 5.41) is 2.89. The Kier molecular flexibility index (Phi) is 4.65. The summed E-state index contributed by atoms with van der Waals surface area (Å²) in [4.78, 5) is 26.5. The minimum Gasteiger partial charge on any atom is -0.376 e. The van der Waals surface area contributed by atoms with Gasteiger partial charge in [-0.05, 0) is 19.8 Å². The zero-order chi connectivity index (χ0) is 14.8. The van der Waals surface area contributed by atoms with Gasteiger partial charge in [-0.1, -0.05) is 13.8 Å². The second-order valence-electron chi connectivity index (χ2n) is 5.48. The number of hydrogen-bond acceptors (Lipinski definition) is 4. The summed E-state index contributed by atoms with van der Waals surface area (Å²) in [6.07, 6.45) is 1.05. The fourth-order valence-corrected chi connectivity index (χ4v) is 2.82. The van der Waals surface area contributed by atoms with Gasteiger partial charge in [-0.25, -0.2) is 0 Å². The van der Waals surface area contributed by atoms with Gasteiger partial charge in [0, 0.05) is 0 Å². The molecule has 2 aliphatic rings. The highest BCUT2D eigenvalue weighted by molar-refractivity contribution is 5.99. The minimum atomic E-state index is -0.765. The van der Waals surface area contributed by atoms with E-state index in [1.54, 1.807) is 11.8 Å². The van der Waals surface area contributed by atoms with Crippen LogP contribution in [-0.4, -0.2) is 60.8 Å². The van der Waals surface area contributed by atoms with Crippen LogP contribution >= 0.6 is 0 Å². The van der Waals surface area contributed by atoms with Gasteiger partial charge in [0.2, 0.25) is 11.8 Å². The predicted octanol–water partition coefficient (Wildman–Crippen LogP) is 0.308. The lowest BCUT2D eigenvalue weighted by molar-refractivity contribution is -0.160. The van der Waals surface area contributed by atoms with Crippen LogP contribution in [0.15, 0.2) is 0 Å². The molecule has 20 heavy (non-hydrogen) atoms. The first-order valence-electron chi connectivity index (χ1n) is 7.36. The molecule has 2 unspecified atom stereocenters. The van der Waals surface area contributed by atoms with Gasteiger partial charge in [-0.3, -0.25) is 9.59 Å². The maximum absolute atomic E-state index is 12.8. The Morgan fingerprint density at radius 2 is 2.00 bits per heavy atom. The zero-order valence-electron chi connectivity index (χ0n) is 12.5. The molecule has 0 radical (unpaired) electrons. The number of rotatable bonds is 4. The number of nitrogens with one attached hydrogen (secondary N) is 1. The van der Waals surface area contributed by atoms with Gasteiger partial charge in [0.1, 0.15) is 11.6 Å². The van der Waals surface area contributed by atoms with Gasteiger partial charge in [0.25, 0.3) is 0 Å². The van der Waals surface area contributed by atoms with E-state index < -0.39 is 11.6 Å². The summed E-state index contributed by atoms with van der Waals surface area (Å²) in [5.41, 5.74) is -0.765. The summed E-state index contributed by atoms with van der Waals surface area (Å²) in [6.45, 7) is 7.63. The fourth-order valence-electron chi connectivity index (χ4n) is 2.82. The Labute approximate surface area is 119 Å². The SMILES string of the molecule is CCC1(CC)NC(=O)C(C)N(CC2COCCO2)C1=O. The van der Waals surface area contributed by atoms with Crippen LogP contribution in [-0.2, 0) is 19.1 Å². The molecule has 0 bridgehead atoms. The smallest absolute Gasteiger partial charge is 0.249 e. The molecule has 6 nitrogen and oxygen atoms in total. The van der Waals surface area contributed by atoms with Crippen molar-refractivity contribution in [2.24, 2.45) is 0 Å². The molecule has 0 aromatic rings. The lowest BCUT2D eigenvalue weighted by Gasteiger charge is -2.45. The fraction of sp³-hybridized carbons (Fsp3) is 0.857. The van der Waals surface area contributed by atoms with Crippen molar-refractivity contribution < 1.29 is 19.1 Å². The maximum atomic E-state index is 12.8. The number of carbonyl (C=O) groups excluding carboxylic acids is 2. The van der Waals surface area contributed by atoms with Crippen LogP contribution < -0.4 is 5.32 Å². The highest BCUT2D eigenvalue weighted by atomic mass is 16.6. The summed E-state index contributed by atoms with van der Waals surface area (Å²) in [5.74, 6) is -0.103. The van der Waals surface area contributed by atoms with Crippen molar-refractivity contribution in [3.8, 4) is 0 Å². The van der Waals surface area contributed by atoms with Crippen LogP contribution in [0, 0.1) is 0 Å². The lowest BCUT2D eigenvalue weighted by atomic mass is 9.87. The van der Waals surface area contributed by atoms with E-state index in [9.17, 15) is 9.59 Å². The second kappa shape index (κ2) is 6.10. The van der Waals surface area contributed by atoms with Crippen LogP contribution in [0.2, 0.25) is 0 Å². The summed E-state index contributed by atoms with van der Waals surface area (Å²) in [6, 6.07) is -0.459. The van der Waals surface area contributed by atoms with Crippen molar-refractivity contribution in [3.05, 3.63) is 0 Å². The Hall–Kier alpha value is -1.14. The van der Waals surface area contributed by atoms with E-state index in [-0.39, 0.29) is 17.9 Å². The van der Waals surface area contributed by atoms with Crippen LogP contribution in [0.5, 0.6) is 0 Å². The molecule has 6 heteroatoms. The van der Waals surface area contributed by atoms with Crippen molar-refractivity contribution in [1.29, 1.82) is 0 Å². The zero-order valence-corrected chi connectivity index (χ0v) is 12.5. The third kappa shape index (κ3) is 2.67. The number of ether oxygens (including phenoxy) is 2. The largest absolute Gasteiger partial charge is 0.376 e. The Morgan fingerprint density at radius 3 is 2.55 bits per heavy atom. The van der Waals surface area contributed by atoms with Crippen LogP contribution in [0.1, 0.15) is 33.6 Å². The van der Waals surface area contributed by atoms with Crippen LogP contribution in [0.25, 0.3) is 0 Å². The highest BCUT2D eigenvalue weighted by Crippen LogP contribution is 2.25. The minimum absolute atomic E-state index is 0.0104. The Balaban J connectivity index is 2.15. The molecule has 1 N–H and O–H groups in total. The number of carbonyl (C=O) groups is 2. The van der Waals surface area contributed by atoms with Crippen molar-refractivity contribution in [2.45, 2.75) is 51.3 Å². The summed E-state index contributed by atoms with van der Waals surface area (Å²) in [7, 11) is 0. The lowest BCUT2D eigenvalue weighted by Crippen LogP contribution is -2.70. The molecular weight excluding hydrogens is 260 g/mol. The topological polar surface area (TPSA) is 67.9 Å². The molecule has 2 saturated heterocycles. The molecule has 2 heterocycles. The van der Waals surface area contributed by atoms with Crippen molar-refractivity contribution in [2.75, 3.05) is 26.4 Å². The number of hydrogen-bond donors (Lipinski definition) is 1. The molecule has 2 fully saturated rings. The molecule has 2 atom stereocenters. The molecule has 2 amide bonds. The molecule has 2 aliphatic heterocycles. The first-order chi connectivity index (χ1) is 9.54. The molecule has 114 valence electrons. The third-order valence-corrected chi connectivity index (χ3v) is 4.37. The highest BCUT2D eigenvalue weighted by Gasteiger charge is 2.47. The first-order valence-corrected chi connectivity index (χ1v) is 7.36. The van der Waals surface area contributed by atoms with Crippen molar-refractivity contribution in [1.82, 2.24) is 10.2 Å². The van der Waals surface area contributed by atoms with Gasteiger partial charge >= 0.3 is 0 Å². The third-order valence-electron chi connectivity index (χ3n) is 4.37. The molecule has 0 saturated carbocycles. The quantitative estimate of drug-likeness (QED) is 0.806. The monoisotopic (exact) mass is 284 g/mol. The normalized spacial score (nSPS) is 30.2. The van der Waals surface area contributed by atoms with E-state index in [1.807, 2.05) is 13.8 Å².